The highest BCUT2D eigenvalue weighted by atomic mass is 16.4. The molecule has 0 atom stereocenters. The molecule has 5 heteroatoms. The molecule has 1 saturated heterocycles. The van der Waals surface area contributed by atoms with Crippen LogP contribution in [0.15, 0.2) is 36.7 Å². The number of nitrogens with zero attached hydrogens (tertiary/aromatic N) is 2. The Balaban J connectivity index is 1.47. The first kappa shape index (κ1) is 16.8. The summed E-state index contributed by atoms with van der Waals surface area (Å²) >= 11 is 0. The first-order chi connectivity index (χ1) is 11.7. The second-order valence-corrected chi connectivity index (χ2v) is 6.69. The Bertz CT molecular complexity index is 564. The number of aliphatic carboxylic acids is 1. The molecule has 0 radical (unpaired) electrons. The molecule has 5 nitrogen and oxygen atoms in total. The standard InChI is InChI=1S/C19H27N3O2/c23-19(24)3-1-2-12-21-13-14-22(15-21)18-6-4-16(5-7-18)17-8-10-20-11-9-17/h4-7,13-14,17,20H,1-3,8-12,15H2,(H,23,24). The number of carboxylic acids is 1. The van der Waals surface area contributed by atoms with Crippen molar-refractivity contribution in [2.75, 3.05) is 31.2 Å². The quantitative estimate of drug-likeness (QED) is 0.753. The minimum absolute atomic E-state index is 0.263. The van der Waals surface area contributed by atoms with Gasteiger partial charge in [0.2, 0.25) is 0 Å². The largest absolute Gasteiger partial charge is 0.481 e. The number of carboxylic acid groups (broad SMARTS) is 1. The minimum Gasteiger partial charge on any atom is -0.481 e. The van der Waals surface area contributed by atoms with E-state index in [0.29, 0.717) is 5.92 Å². The summed E-state index contributed by atoms with van der Waals surface area (Å²) in [6.07, 6.45) is 8.58. The molecule has 0 amide bonds. The van der Waals surface area contributed by atoms with Crippen molar-refractivity contribution in [1.82, 2.24) is 10.2 Å². The van der Waals surface area contributed by atoms with E-state index in [1.54, 1.807) is 0 Å². The highest BCUT2D eigenvalue weighted by Gasteiger charge is 2.17. The van der Waals surface area contributed by atoms with Gasteiger partial charge < -0.3 is 20.2 Å². The molecule has 1 fully saturated rings. The average Bonchev–Trinajstić information content (AvgIpc) is 3.08. The Morgan fingerprint density at radius 1 is 1.12 bits per heavy atom. The zero-order valence-corrected chi connectivity index (χ0v) is 14.2. The molecule has 0 aliphatic carbocycles. The van der Waals surface area contributed by atoms with Crippen LogP contribution < -0.4 is 10.2 Å². The van der Waals surface area contributed by atoms with Crippen molar-refractivity contribution in [3.05, 3.63) is 42.2 Å². The lowest BCUT2D eigenvalue weighted by Gasteiger charge is -2.24. The highest BCUT2D eigenvalue weighted by molar-refractivity contribution is 5.66. The van der Waals surface area contributed by atoms with Gasteiger partial charge in [0, 0.05) is 31.1 Å². The number of anilines is 1. The first-order valence-electron chi connectivity index (χ1n) is 8.94. The predicted molar refractivity (Wildman–Crippen MR) is 96.0 cm³/mol. The zero-order valence-electron chi connectivity index (χ0n) is 14.2. The Morgan fingerprint density at radius 3 is 2.58 bits per heavy atom. The number of benzene rings is 1. The fraction of sp³-hybridized carbons (Fsp3) is 0.526. The van der Waals surface area contributed by atoms with Gasteiger partial charge in [0.1, 0.15) is 0 Å². The minimum atomic E-state index is -0.706. The number of rotatable bonds is 7. The van der Waals surface area contributed by atoms with Crippen molar-refractivity contribution in [1.29, 1.82) is 0 Å². The van der Waals surface area contributed by atoms with Crippen molar-refractivity contribution in [2.24, 2.45) is 0 Å². The molecule has 3 rings (SSSR count). The second kappa shape index (κ2) is 8.20. The van der Waals surface area contributed by atoms with E-state index in [2.05, 4.69) is 51.8 Å². The maximum absolute atomic E-state index is 10.5. The number of hydrogen-bond acceptors (Lipinski definition) is 4. The van der Waals surface area contributed by atoms with Crippen LogP contribution in [0.1, 0.15) is 43.6 Å². The van der Waals surface area contributed by atoms with Crippen molar-refractivity contribution in [3.8, 4) is 0 Å². The Labute approximate surface area is 143 Å². The van der Waals surface area contributed by atoms with Gasteiger partial charge in [-0.25, -0.2) is 0 Å². The summed E-state index contributed by atoms with van der Waals surface area (Å²) in [4.78, 5) is 15.0. The SMILES string of the molecule is O=C(O)CCCCN1C=CN(c2ccc(C3CCNCC3)cc2)C1. The molecule has 0 spiro atoms. The molecule has 0 bridgehead atoms. The summed E-state index contributed by atoms with van der Waals surface area (Å²) in [5.41, 5.74) is 2.67. The van der Waals surface area contributed by atoms with Gasteiger partial charge in [0.05, 0.1) is 6.67 Å². The average molecular weight is 329 g/mol. The summed E-state index contributed by atoms with van der Waals surface area (Å²) in [6, 6.07) is 8.98. The normalized spacial score (nSPS) is 18.3. The number of piperidine rings is 1. The van der Waals surface area contributed by atoms with E-state index in [-0.39, 0.29) is 6.42 Å². The monoisotopic (exact) mass is 329 g/mol. The van der Waals surface area contributed by atoms with Gasteiger partial charge in [-0.3, -0.25) is 4.79 Å². The third kappa shape index (κ3) is 4.51. The van der Waals surface area contributed by atoms with Crippen LogP contribution in [0.4, 0.5) is 5.69 Å². The van der Waals surface area contributed by atoms with Crippen LogP contribution in [0.2, 0.25) is 0 Å². The van der Waals surface area contributed by atoms with Crippen molar-refractivity contribution in [2.45, 2.75) is 38.0 Å². The van der Waals surface area contributed by atoms with E-state index in [0.717, 1.165) is 39.1 Å². The van der Waals surface area contributed by atoms with Gasteiger partial charge in [0.25, 0.3) is 0 Å². The molecule has 2 aliphatic rings. The second-order valence-electron chi connectivity index (χ2n) is 6.69. The molecule has 24 heavy (non-hydrogen) atoms. The summed E-state index contributed by atoms with van der Waals surface area (Å²) in [6.45, 7) is 4.00. The molecular formula is C19H27N3O2. The van der Waals surface area contributed by atoms with Gasteiger partial charge in [-0.05, 0) is 62.4 Å². The predicted octanol–water partition coefficient (Wildman–Crippen LogP) is 2.96. The molecular weight excluding hydrogens is 302 g/mol. The number of unbranched alkanes of at least 4 members (excludes halogenated alkanes) is 1. The third-order valence-electron chi connectivity index (χ3n) is 4.91. The number of carbonyl (C=O) groups is 1. The van der Waals surface area contributed by atoms with Crippen molar-refractivity contribution >= 4 is 11.7 Å². The van der Waals surface area contributed by atoms with Gasteiger partial charge in [-0.2, -0.15) is 0 Å². The molecule has 130 valence electrons. The molecule has 2 N–H and O–H groups in total. The van der Waals surface area contributed by atoms with Crippen LogP contribution >= 0.6 is 0 Å². The van der Waals surface area contributed by atoms with Crippen LogP contribution in [-0.2, 0) is 4.79 Å². The smallest absolute Gasteiger partial charge is 0.303 e. The molecule has 0 saturated carbocycles. The van der Waals surface area contributed by atoms with Crippen LogP contribution in [0.25, 0.3) is 0 Å². The maximum atomic E-state index is 10.5. The molecule has 2 heterocycles. The summed E-state index contributed by atoms with van der Waals surface area (Å²) < 4.78 is 0. The van der Waals surface area contributed by atoms with Gasteiger partial charge >= 0.3 is 5.97 Å². The summed E-state index contributed by atoms with van der Waals surface area (Å²) in [5, 5.41) is 12.1. The molecule has 0 unspecified atom stereocenters. The van der Waals surface area contributed by atoms with E-state index in [1.807, 2.05) is 0 Å². The number of nitrogens with one attached hydrogen (secondary N) is 1. The van der Waals surface area contributed by atoms with E-state index >= 15 is 0 Å². The van der Waals surface area contributed by atoms with E-state index < -0.39 is 5.97 Å². The van der Waals surface area contributed by atoms with Crippen LogP contribution in [0.5, 0.6) is 0 Å². The van der Waals surface area contributed by atoms with Gasteiger partial charge in [-0.1, -0.05) is 12.1 Å². The fourth-order valence-electron chi connectivity index (χ4n) is 3.46. The zero-order chi connectivity index (χ0) is 16.8. The first-order valence-corrected chi connectivity index (χ1v) is 8.94. The van der Waals surface area contributed by atoms with Crippen molar-refractivity contribution < 1.29 is 9.90 Å². The summed E-state index contributed by atoms with van der Waals surface area (Å²) in [5.74, 6) is -0.0115. The number of hydrogen-bond donors (Lipinski definition) is 2. The Hall–Kier alpha value is -2.01. The lowest BCUT2D eigenvalue weighted by atomic mass is 9.90. The van der Waals surface area contributed by atoms with Crippen molar-refractivity contribution in [3.63, 3.8) is 0 Å². The third-order valence-corrected chi connectivity index (χ3v) is 4.91. The Morgan fingerprint density at radius 2 is 1.88 bits per heavy atom. The lowest BCUT2D eigenvalue weighted by Crippen LogP contribution is -2.27. The lowest BCUT2D eigenvalue weighted by molar-refractivity contribution is -0.137. The maximum Gasteiger partial charge on any atom is 0.303 e. The van der Waals surface area contributed by atoms with Crippen LogP contribution in [-0.4, -0.2) is 42.3 Å². The molecule has 1 aromatic carbocycles. The molecule has 0 aromatic heterocycles. The topological polar surface area (TPSA) is 55.8 Å². The van der Waals surface area contributed by atoms with E-state index in [1.165, 1.54) is 24.1 Å². The van der Waals surface area contributed by atoms with Gasteiger partial charge in [0.15, 0.2) is 0 Å². The molecule has 1 aromatic rings. The summed E-state index contributed by atoms with van der Waals surface area (Å²) in [7, 11) is 0. The Kier molecular flexibility index (Phi) is 5.75. The molecule has 2 aliphatic heterocycles. The van der Waals surface area contributed by atoms with Crippen LogP contribution in [0.3, 0.4) is 0 Å². The van der Waals surface area contributed by atoms with Gasteiger partial charge in [-0.15, -0.1) is 0 Å². The fourth-order valence-corrected chi connectivity index (χ4v) is 3.46. The highest BCUT2D eigenvalue weighted by Crippen LogP contribution is 2.28. The van der Waals surface area contributed by atoms with Crippen LogP contribution in [0, 0.1) is 0 Å². The van der Waals surface area contributed by atoms with E-state index in [4.69, 9.17) is 5.11 Å². The van der Waals surface area contributed by atoms with E-state index in [9.17, 15) is 4.79 Å².